The van der Waals surface area contributed by atoms with Crippen LogP contribution in [0.25, 0.3) is 11.5 Å². The lowest BCUT2D eigenvalue weighted by Crippen LogP contribution is -2.30. The normalized spacial score (nSPS) is 13.4. The lowest BCUT2D eigenvalue weighted by atomic mass is 10.1. The lowest BCUT2D eigenvalue weighted by molar-refractivity contribution is -0.125. The summed E-state index contributed by atoms with van der Waals surface area (Å²) in [5, 5.41) is 2.47. The summed E-state index contributed by atoms with van der Waals surface area (Å²) in [7, 11) is 0. The minimum Gasteiger partial charge on any atom is -0.455 e. The lowest BCUT2D eigenvalue weighted by Gasteiger charge is -2.12. The van der Waals surface area contributed by atoms with Crippen molar-refractivity contribution in [1.29, 1.82) is 0 Å². The Labute approximate surface area is 172 Å². The van der Waals surface area contributed by atoms with E-state index in [2.05, 4.69) is 10.3 Å². The Morgan fingerprint density at radius 3 is 2.53 bits per heavy atom. The first kappa shape index (κ1) is 19.4. The van der Waals surface area contributed by atoms with Gasteiger partial charge < -0.3 is 14.5 Å². The quantitative estimate of drug-likeness (QED) is 0.500. The molecule has 152 valence electrons. The van der Waals surface area contributed by atoms with Gasteiger partial charge >= 0.3 is 12.0 Å². The van der Waals surface area contributed by atoms with Crippen molar-refractivity contribution >= 4 is 17.9 Å². The van der Waals surface area contributed by atoms with E-state index in [4.69, 9.17) is 9.15 Å². The van der Waals surface area contributed by atoms with Crippen LogP contribution in [0.2, 0.25) is 0 Å². The molecule has 0 saturated carbocycles. The standard InChI is InChI=1S/C22H19N3O5/c1-14-18(24-20(30-14)16-5-3-2-4-6-16)13-29-21(27)17-9-7-15(8-10-17)12-25-19(26)11-23-22(25)28/h2-10H,11-13H2,1H3,(H,23,28). The average molecular weight is 405 g/mol. The largest absolute Gasteiger partial charge is 0.455 e. The highest BCUT2D eigenvalue weighted by Gasteiger charge is 2.28. The number of oxazole rings is 1. The second-order valence-corrected chi connectivity index (χ2v) is 6.80. The van der Waals surface area contributed by atoms with E-state index in [0.29, 0.717) is 22.9 Å². The summed E-state index contributed by atoms with van der Waals surface area (Å²) in [6, 6.07) is 15.6. The van der Waals surface area contributed by atoms with Gasteiger partial charge in [0.25, 0.3) is 0 Å². The van der Waals surface area contributed by atoms with Crippen molar-refractivity contribution in [2.75, 3.05) is 6.54 Å². The maximum Gasteiger partial charge on any atom is 0.338 e. The van der Waals surface area contributed by atoms with Crippen LogP contribution in [0.15, 0.2) is 59.0 Å². The zero-order valence-corrected chi connectivity index (χ0v) is 16.3. The fraction of sp³-hybridized carbons (Fsp3) is 0.182. The van der Waals surface area contributed by atoms with Crippen LogP contribution in [-0.2, 0) is 22.7 Å². The number of esters is 1. The summed E-state index contributed by atoms with van der Waals surface area (Å²) in [5.74, 6) is 0.288. The second kappa shape index (κ2) is 8.20. The zero-order chi connectivity index (χ0) is 21.1. The number of carbonyl (C=O) groups is 3. The Morgan fingerprint density at radius 2 is 1.87 bits per heavy atom. The maximum absolute atomic E-state index is 12.4. The first-order chi connectivity index (χ1) is 14.5. The van der Waals surface area contributed by atoms with Crippen LogP contribution in [-0.4, -0.2) is 34.3 Å². The molecule has 3 aromatic rings. The molecule has 30 heavy (non-hydrogen) atoms. The maximum atomic E-state index is 12.4. The molecule has 1 aliphatic heterocycles. The molecule has 2 heterocycles. The van der Waals surface area contributed by atoms with Crippen LogP contribution in [0.3, 0.4) is 0 Å². The molecule has 4 rings (SSSR count). The first-order valence-corrected chi connectivity index (χ1v) is 9.37. The van der Waals surface area contributed by atoms with Gasteiger partial charge in [-0.15, -0.1) is 0 Å². The Morgan fingerprint density at radius 1 is 1.13 bits per heavy atom. The van der Waals surface area contributed by atoms with E-state index >= 15 is 0 Å². The van der Waals surface area contributed by atoms with Gasteiger partial charge in [0.2, 0.25) is 11.8 Å². The molecule has 1 fully saturated rings. The number of hydrogen-bond donors (Lipinski definition) is 1. The van der Waals surface area contributed by atoms with Gasteiger partial charge in [0.05, 0.1) is 18.7 Å². The summed E-state index contributed by atoms with van der Waals surface area (Å²) in [6.07, 6.45) is 0. The van der Waals surface area contributed by atoms with Crippen molar-refractivity contribution in [2.45, 2.75) is 20.1 Å². The van der Waals surface area contributed by atoms with E-state index in [1.807, 2.05) is 30.3 Å². The Kier molecular flexibility index (Phi) is 5.30. The van der Waals surface area contributed by atoms with E-state index in [1.54, 1.807) is 31.2 Å². The summed E-state index contributed by atoms with van der Waals surface area (Å²) in [5.41, 5.74) is 2.49. The highest BCUT2D eigenvalue weighted by Crippen LogP contribution is 2.22. The molecule has 0 bridgehead atoms. The van der Waals surface area contributed by atoms with E-state index < -0.39 is 12.0 Å². The third kappa shape index (κ3) is 4.07. The summed E-state index contributed by atoms with van der Waals surface area (Å²) in [4.78, 5) is 41.2. The average Bonchev–Trinajstić information content (AvgIpc) is 3.30. The van der Waals surface area contributed by atoms with Crippen LogP contribution in [0.4, 0.5) is 4.79 Å². The third-order valence-corrected chi connectivity index (χ3v) is 4.72. The third-order valence-electron chi connectivity index (χ3n) is 4.72. The van der Waals surface area contributed by atoms with Gasteiger partial charge in [-0.25, -0.2) is 14.6 Å². The fourth-order valence-electron chi connectivity index (χ4n) is 3.03. The van der Waals surface area contributed by atoms with Crippen LogP contribution >= 0.6 is 0 Å². The number of nitrogens with zero attached hydrogens (tertiary/aromatic N) is 2. The van der Waals surface area contributed by atoms with Gasteiger partial charge in [-0.3, -0.25) is 9.69 Å². The number of carbonyl (C=O) groups excluding carboxylic acids is 3. The van der Waals surface area contributed by atoms with Gasteiger partial charge in [0.15, 0.2) is 0 Å². The smallest absolute Gasteiger partial charge is 0.338 e. The Balaban J connectivity index is 1.37. The van der Waals surface area contributed by atoms with Gasteiger partial charge in [0.1, 0.15) is 18.1 Å². The minimum absolute atomic E-state index is 0.00873. The van der Waals surface area contributed by atoms with Gasteiger partial charge in [0, 0.05) is 5.56 Å². The predicted molar refractivity (Wildman–Crippen MR) is 106 cm³/mol. The monoisotopic (exact) mass is 405 g/mol. The molecule has 3 amide bonds. The fourth-order valence-corrected chi connectivity index (χ4v) is 3.03. The molecule has 1 aromatic heterocycles. The van der Waals surface area contributed by atoms with Crippen molar-refractivity contribution in [3.05, 3.63) is 77.2 Å². The highest BCUT2D eigenvalue weighted by atomic mass is 16.5. The number of imide groups is 1. The minimum atomic E-state index is -0.500. The topological polar surface area (TPSA) is 102 Å². The molecule has 0 radical (unpaired) electrons. The van der Waals surface area contributed by atoms with Crippen molar-refractivity contribution in [3.63, 3.8) is 0 Å². The summed E-state index contributed by atoms with van der Waals surface area (Å²) >= 11 is 0. The highest BCUT2D eigenvalue weighted by molar-refractivity contribution is 6.01. The van der Waals surface area contributed by atoms with Crippen LogP contribution in [0.1, 0.15) is 27.4 Å². The molecule has 1 saturated heterocycles. The molecule has 0 aliphatic carbocycles. The van der Waals surface area contributed by atoms with Crippen molar-refractivity contribution in [1.82, 2.24) is 15.2 Å². The van der Waals surface area contributed by atoms with Crippen LogP contribution in [0, 0.1) is 6.92 Å². The Hall–Kier alpha value is -3.94. The number of aryl methyl sites for hydroxylation is 1. The summed E-state index contributed by atoms with van der Waals surface area (Å²) in [6.45, 7) is 1.93. The molecule has 8 heteroatoms. The van der Waals surface area contributed by atoms with Gasteiger partial charge in [-0.05, 0) is 36.8 Å². The summed E-state index contributed by atoms with van der Waals surface area (Å²) < 4.78 is 11.0. The number of urea groups is 1. The van der Waals surface area contributed by atoms with E-state index in [9.17, 15) is 14.4 Å². The number of nitrogens with one attached hydrogen (secondary N) is 1. The van der Waals surface area contributed by atoms with E-state index in [-0.39, 0.29) is 25.6 Å². The Bertz CT molecular complexity index is 1070. The van der Waals surface area contributed by atoms with E-state index in [0.717, 1.165) is 16.0 Å². The number of amides is 3. The van der Waals surface area contributed by atoms with Crippen LogP contribution < -0.4 is 5.32 Å². The number of ether oxygens (including phenoxy) is 1. The molecule has 8 nitrogen and oxygen atoms in total. The first-order valence-electron chi connectivity index (χ1n) is 9.37. The number of aromatic nitrogens is 1. The van der Waals surface area contributed by atoms with Gasteiger partial charge in [-0.1, -0.05) is 30.3 Å². The van der Waals surface area contributed by atoms with Crippen molar-refractivity contribution in [3.8, 4) is 11.5 Å². The SMILES string of the molecule is Cc1oc(-c2ccccc2)nc1COC(=O)c1ccc(CN2C(=O)CNC2=O)cc1. The second-order valence-electron chi connectivity index (χ2n) is 6.80. The zero-order valence-electron chi connectivity index (χ0n) is 16.3. The molecular formula is C22H19N3O5. The van der Waals surface area contributed by atoms with Crippen LogP contribution in [0.5, 0.6) is 0 Å². The van der Waals surface area contributed by atoms with Gasteiger partial charge in [-0.2, -0.15) is 0 Å². The molecule has 0 spiro atoms. The molecular weight excluding hydrogens is 386 g/mol. The van der Waals surface area contributed by atoms with Crippen molar-refractivity contribution in [2.24, 2.45) is 0 Å². The van der Waals surface area contributed by atoms with E-state index in [1.165, 1.54) is 0 Å². The molecule has 1 N–H and O–H groups in total. The predicted octanol–water partition coefficient (Wildman–Crippen LogP) is 3.06. The molecule has 2 aromatic carbocycles. The number of rotatable bonds is 6. The molecule has 1 aliphatic rings. The molecule has 0 unspecified atom stereocenters. The van der Waals surface area contributed by atoms with Crippen molar-refractivity contribution < 1.29 is 23.5 Å². The molecule has 0 atom stereocenters. The number of hydrogen-bond acceptors (Lipinski definition) is 6. The number of benzene rings is 2.